The van der Waals surface area contributed by atoms with E-state index in [4.69, 9.17) is 18.9 Å². The van der Waals surface area contributed by atoms with E-state index in [9.17, 15) is 4.39 Å². The van der Waals surface area contributed by atoms with Gasteiger partial charge < -0.3 is 23.5 Å². The van der Waals surface area contributed by atoms with Crippen molar-refractivity contribution >= 4 is 12.4 Å². The molecule has 1 aliphatic heterocycles. The highest BCUT2D eigenvalue weighted by atomic mass is 35.5. The van der Waals surface area contributed by atoms with E-state index in [-0.39, 0.29) is 37.0 Å². The zero-order chi connectivity index (χ0) is 21.8. The van der Waals surface area contributed by atoms with Crippen molar-refractivity contribution in [3.63, 3.8) is 0 Å². The number of halogens is 2. The summed E-state index contributed by atoms with van der Waals surface area (Å²) in [6.45, 7) is 2.78. The van der Waals surface area contributed by atoms with Crippen molar-refractivity contribution in [2.45, 2.75) is 38.6 Å². The molecule has 1 fully saturated rings. The van der Waals surface area contributed by atoms with Crippen LogP contribution in [0.1, 0.15) is 35.9 Å². The maximum atomic E-state index is 14.3. The molecule has 172 valence electrons. The summed E-state index contributed by atoms with van der Waals surface area (Å²) in [6.07, 6.45) is 5.11. The number of rotatable bonds is 7. The number of methoxy groups -OCH3 is 2. The second-order valence-corrected chi connectivity index (χ2v) is 7.59. The summed E-state index contributed by atoms with van der Waals surface area (Å²) < 4.78 is 39.0. The van der Waals surface area contributed by atoms with E-state index in [0.717, 1.165) is 29.1 Å². The van der Waals surface area contributed by atoms with Crippen molar-refractivity contribution < 1.29 is 23.3 Å². The van der Waals surface area contributed by atoms with Gasteiger partial charge in [0.15, 0.2) is 0 Å². The van der Waals surface area contributed by atoms with Gasteiger partial charge in [0.2, 0.25) is 0 Å². The van der Waals surface area contributed by atoms with E-state index >= 15 is 0 Å². The molecular weight excluding hydrogens is 435 g/mol. The maximum absolute atomic E-state index is 14.3. The Morgan fingerprint density at radius 2 is 2.03 bits per heavy atom. The molecule has 1 saturated heterocycles. The number of benzene rings is 2. The molecule has 2 unspecified atom stereocenters. The first-order valence-corrected chi connectivity index (χ1v) is 10.3. The smallest absolute Gasteiger partial charge is 0.127 e. The van der Waals surface area contributed by atoms with Crippen molar-refractivity contribution in [1.29, 1.82) is 0 Å². The van der Waals surface area contributed by atoms with Gasteiger partial charge in [-0.2, -0.15) is 0 Å². The second kappa shape index (κ2) is 10.8. The first-order chi connectivity index (χ1) is 15.1. The molecule has 2 aromatic carbocycles. The van der Waals surface area contributed by atoms with E-state index in [1.54, 1.807) is 20.4 Å². The standard InChI is InChI=1S/C24H27FN2O4.ClH/c1-16-26-7-8-27(16)20-5-4-17(23(13-20)29-3)15-31-22-11-18(10-19(25)12-22)24-14-21(28-2)6-9-30-24;/h4-5,7-8,10-13,21,24H,6,9,14-15H2,1-3H3;1H. The Labute approximate surface area is 193 Å². The predicted molar refractivity (Wildman–Crippen MR) is 122 cm³/mol. The maximum Gasteiger partial charge on any atom is 0.127 e. The molecule has 6 nitrogen and oxygen atoms in total. The molecule has 0 amide bonds. The van der Waals surface area contributed by atoms with Crippen LogP contribution in [0.5, 0.6) is 11.5 Å². The number of nitrogens with zero attached hydrogens (tertiary/aromatic N) is 2. The molecule has 0 spiro atoms. The lowest BCUT2D eigenvalue weighted by molar-refractivity contribution is -0.0600. The Kier molecular flexibility index (Phi) is 8.12. The van der Waals surface area contributed by atoms with E-state index < -0.39 is 0 Å². The minimum absolute atomic E-state index is 0. The third-order valence-corrected chi connectivity index (χ3v) is 5.60. The SMILES string of the molecule is COc1cc(-n2ccnc2C)ccc1COc1cc(F)cc(C2CC(OC)CCO2)c1.Cl. The highest BCUT2D eigenvalue weighted by molar-refractivity contribution is 5.85. The molecule has 3 aromatic rings. The van der Waals surface area contributed by atoms with E-state index in [2.05, 4.69) is 4.98 Å². The third-order valence-electron chi connectivity index (χ3n) is 5.60. The lowest BCUT2D eigenvalue weighted by atomic mass is 9.99. The quantitative estimate of drug-likeness (QED) is 0.483. The van der Waals surface area contributed by atoms with Gasteiger partial charge in [0, 0.05) is 50.2 Å². The molecule has 8 heteroatoms. The van der Waals surface area contributed by atoms with E-state index in [0.29, 0.717) is 24.5 Å². The van der Waals surface area contributed by atoms with Crippen LogP contribution in [0.25, 0.3) is 5.69 Å². The molecule has 2 heterocycles. The molecule has 0 aliphatic carbocycles. The predicted octanol–water partition coefficient (Wildman–Crippen LogP) is 5.20. The highest BCUT2D eigenvalue weighted by Gasteiger charge is 2.24. The minimum atomic E-state index is -0.353. The number of hydrogen-bond donors (Lipinski definition) is 0. The van der Waals surface area contributed by atoms with Crippen LogP contribution in [0.3, 0.4) is 0 Å². The molecule has 2 atom stereocenters. The molecule has 0 saturated carbocycles. The van der Waals surface area contributed by atoms with Gasteiger partial charge in [-0.15, -0.1) is 12.4 Å². The zero-order valence-corrected chi connectivity index (χ0v) is 19.2. The third kappa shape index (κ3) is 5.41. The zero-order valence-electron chi connectivity index (χ0n) is 18.4. The summed E-state index contributed by atoms with van der Waals surface area (Å²) >= 11 is 0. The fourth-order valence-corrected chi connectivity index (χ4v) is 3.88. The largest absolute Gasteiger partial charge is 0.496 e. The van der Waals surface area contributed by atoms with Gasteiger partial charge in [-0.3, -0.25) is 0 Å². The number of imidazole rings is 1. The Hall–Kier alpha value is -2.61. The van der Waals surface area contributed by atoms with Crippen molar-refractivity contribution in [3.05, 3.63) is 71.6 Å². The van der Waals surface area contributed by atoms with Crippen LogP contribution in [-0.2, 0) is 16.1 Å². The van der Waals surface area contributed by atoms with Gasteiger partial charge in [0.05, 0.1) is 25.0 Å². The van der Waals surface area contributed by atoms with E-state index in [1.165, 1.54) is 12.1 Å². The summed E-state index contributed by atoms with van der Waals surface area (Å²) in [6, 6.07) is 10.6. The Bertz CT molecular complexity index is 1040. The van der Waals surface area contributed by atoms with Crippen molar-refractivity contribution in [3.8, 4) is 17.2 Å². The van der Waals surface area contributed by atoms with Gasteiger partial charge in [-0.05, 0) is 43.2 Å². The van der Waals surface area contributed by atoms with Crippen molar-refractivity contribution in [2.24, 2.45) is 0 Å². The number of hydrogen-bond acceptors (Lipinski definition) is 5. The minimum Gasteiger partial charge on any atom is -0.496 e. The highest BCUT2D eigenvalue weighted by Crippen LogP contribution is 2.32. The number of ether oxygens (including phenoxy) is 4. The number of aryl methyl sites for hydroxylation is 1. The van der Waals surface area contributed by atoms with Crippen LogP contribution in [-0.4, -0.2) is 36.5 Å². The van der Waals surface area contributed by atoms with Crippen LogP contribution >= 0.6 is 12.4 Å². The molecular formula is C24H28ClFN2O4. The van der Waals surface area contributed by atoms with Crippen LogP contribution in [0.2, 0.25) is 0 Å². The average Bonchev–Trinajstić information content (AvgIpc) is 3.23. The Morgan fingerprint density at radius 1 is 1.19 bits per heavy atom. The van der Waals surface area contributed by atoms with Gasteiger partial charge in [-0.25, -0.2) is 9.37 Å². The summed E-state index contributed by atoms with van der Waals surface area (Å²) in [5.41, 5.74) is 2.57. The molecule has 4 rings (SSSR count). The van der Waals surface area contributed by atoms with Crippen LogP contribution in [0, 0.1) is 12.7 Å². The van der Waals surface area contributed by atoms with Crippen LogP contribution in [0.15, 0.2) is 48.8 Å². The molecule has 32 heavy (non-hydrogen) atoms. The number of aromatic nitrogens is 2. The molecule has 0 bridgehead atoms. The van der Waals surface area contributed by atoms with Gasteiger partial charge in [-0.1, -0.05) is 0 Å². The summed E-state index contributed by atoms with van der Waals surface area (Å²) in [7, 11) is 3.32. The first-order valence-electron chi connectivity index (χ1n) is 10.3. The Balaban J connectivity index is 0.00000289. The van der Waals surface area contributed by atoms with Gasteiger partial charge in [0.25, 0.3) is 0 Å². The fraction of sp³-hybridized carbons (Fsp3) is 0.375. The lowest BCUT2D eigenvalue weighted by Gasteiger charge is -2.29. The molecule has 1 aromatic heterocycles. The summed E-state index contributed by atoms with van der Waals surface area (Å²) in [5, 5.41) is 0. The molecule has 1 aliphatic rings. The normalized spacial score (nSPS) is 18.1. The Morgan fingerprint density at radius 3 is 2.75 bits per heavy atom. The van der Waals surface area contributed by atoms with Gasteiger partial charge >= 0.3 is 0 Å². The first kappa shape index (κ1) is 24.0. The van der Waals surface area contributed by atoms with E-state index in [1.807, 2.05) is 42.0 Å². The van der Waals surface area contributed by atoms with Crippen molar-refractivity contribution in [1.82, 2.24) is 9.55 Å². The molecule has 0 radical (unpaired) electrons. The molecule has 0 N–H and O–H groups in total. The topological polar surface area (TPSA) is 54.7 Å². The average molecular weight is 463 g/mol. The summed E-state index contributed by atoms with van der Waals surface area (Å²) in [5.74, 6) is 1.68. The second-order valence-electron chi connectivity index (χ2n) is 7.59. The monoisotopic (exact) mass is 462 g/mol. The van der Waals surface area contributed by atoms with Crippen LogP contribution in [0.4, 0.5) is 4.39 Å². The fourth-order valence-electron chi connectivity index (χ4n) is 3.88. The summed E-state index contributed by atoms with van der Waals surface area (Å²) in [4.78, 5) is 4.26. The van der Waals surface area contributed by atoms with Crippen LogP contribution < -0.4 is 9.47 Å². The van der Waals surface area contributed by atoms with Gasteiger partial charge in [0.1, 0.15) is 29.7 Å². The van der Waals surface area contributed by atoms with Crippen molar-refractivity contribution in [2.75, 3.05) is 20.8 Å². The lowest BCUT2D eigenvalue weighted by Crippen LogP contribution is -2.25.